The Morgan fingerprint density at radius 1 is 0.929 bits per heavy atom. The van der Waals surface area contributed by atoms with Crippen LogP contribution in [0, 0.1) is 5.82 Å². The first-order chi connectivity index (χ1) is 13.6. The van der Waals surface area contributed by atoms with E-state index in [1.807, 2.05) is 0 Å². The van der Waals surface area contributed by atoms with Crippen molar-refractivity contribution in [3.8, 4) is 0 Å². The van der Waals surface area contributed by atoms with Crippen LogP contribution in [-0.4, -0.2) is 15.8 Å². The maximum absolute atomic E-state index is 13.6. The van der Waals surface area contributed by atoms with Crippen LogP contribution in [0.1, 0.15) is 21.6 Å². The van der Waals surface area contributed by atoms with Gasteiger partial charge in [-0.1, -0.05) is 54.6 Å². The van der Waals surface area contributed by atoms with Gasteiger partial charge in [0.1, 0.15) is 11.5 Å². The first kappa shape index (κ1) is 17.5. The van der Waals surface area contributed by atoms with Gasteiger partial charge in [-0.25, -0.2) is 9.37 Å². The van der Waals surface area contributed by atoms with Crippen LogP contribution >= 0.6 is 0 Å². The number of benzene rings is 3. The Bertz CT molecular complexity index is 1260. The number of carbonyl (C=O) groups is 1. The topological polar surface area (TPSA) is 62.8 Å². The number of para-hydroxylation sites is 2. The first-order valence-electron chi connectivity index (χ1n) is 8.68. The molecule has 0 radical (unpaired) electrons. The lowest BCUT2D eigenvalue weighted by Crippen LogP contribution is -2.18. The highest BCUT2D eigenvalue weighted by Crippen LogP contribution is 2.21. The highest BCUT2D eigenvalue weighted by molar-refractivity contribution is 6.32. The zero-order valence-corrected chi connectivity index (χ0v) is 14.7. The van der Waals surface area contributed by atoms with Crippen molar-refractivity contribution in [2.45, 2.75) is 0 Å². The molecule has 4 aromatic rings. The number of fused-ring (bicyclic) bond motifs is 1. The van der Waals surface area contributed by atoms with Crippen LogP contribution in [0.2, 0.25) is 0 Å². The van der Waals surface area contributed by atoms with Gasteiger partial charge in [-0.2, -0.15) is 0 Å². The van der Waals surface area contributed by atoms with Crippen LogP contribution in [-0.2, 0) is 0 Å². The molecule has 5 heteroatoms. The summed E-state index contributed by atoms with van der Waals surface area (Å²) >= 11 is 0. The zero-order valence-electron chi connectivity index (χ0n) is 14.7. The molecule has 4 nitrogen and oxygen atoms in total. The maximum Gasteiger partial charge on any atom is 0.275 e. The number of H-pyrrole nitrogens is 1. The number of aromatic amines is 1. The Balaban J connectivity index is 1.94. The first-order valence-corrected chi connectivity index (χ1v) is 8.68. The monoisotopic (exact) mass is 370 g/mol. The minimum atomic E-state index is -0.481. The van der Waals surface area contributed by atoms with Crippen LogP contribution in [0.3, 0.4) is 0 Å². The molecule has 28 heavy (non-hydrogen) atoms. The third-order valence-corrected chi connectivity index (χ3v) is 4.29. The van der Waals surface area contributed by atoms with E-state index in [1.54, 1.807) is 66.7 Å². The number of nitrogens with zero attached hydrogens (tertiary/aromatic N) is 1. The number of Topliss-reactive ketones (excluding diaryl/α,β-unsaturated/α-hetero) is 1. The standard InChI is InChI=1S/C23H15FN2O2/c24-17-10-6-7-15(13-17)14-18(22(27)16-8-2-1-3-9-16)21-23(28)26-20-12-5-4-11-19(20)25-21/h1-14H,(H,26,28)/b18-14-. The van der Waals surface area contributed by atoms with Crippen molar-refractivity contribution in [2.75, 3.05) is 0 Å². The summed E-state index contributed by atoms with van der Waals surface area (Å²) in [5.41, 5.74) is 1.64. The average molecular weight is 370 g/mol. The SMILES string of the molecule is O=C(/C(=C\c1cccc(F)c1)c1nc2ccccc2[nH]c1=O)c1ccccc1. The molecule has 0 unspecified atom stereocenters. The molecule has 0 aliphatic heterocycles. The second-order valence-corrected chi connectivity index (χ2v) is 6.24. The molecule has 0 saturated carbocycles. The molecule has 3 aromatic carbocycles. The average Bonchev–Trinajstić information content (AvgIpc) is 2.72. The Kier molecular flexibility index (Phi) is 4.64. The summed E-state index contributed by atoms with van der Waals surface area (Å²) < 4.78 is 13.6. The molecule has 4 rings (SSSR count). The second-order valence-electron chi connectivity index (χ2n) is 6.24. The van der Waals surface area contributed by atoms with E-state index in [1.165, 1.54) is 18.2 Å². The Labute approximate surface area is 160 Å². The van der Waals surface area contributed by atoms with Gasteiger partial charge in [0.05, 0.1) is 16.6 Å². The quantitative estimate of drug-likeness (QED) is 0.425. The fraction of sp³-hybridized carbons (Fsp3) is 0. The highest BCUT2D eigenvalue weighted by Gasteiger charge is 2.19. The largest absolute Gasteiger partial charge is 0.319 e. The normalized spacial score (nSPS) is 11.5. The summed E-state index contributed by atoms with van der Waals surface area (Å²) in [5, 5.41) is 0. The zero-order chi connectivity index (χ0) is 19.5. The molecular formula is C23H15FN2O2. The number of halogens is 1. The van der Waals surface area contributed by atoms with E-state index in [0.29, 0.717) is 22.2 Å². The number of rotatable bonds is 4. The maximum atomic E-state index is 13.6. The summed E-state index contributed by atoms with van der Waals surface area (Å²) in [7, 11) is 0. The Morgan fingerprint density at radius 3 is 2.46 bits per heavy atom. The molecule has 1 heterocycles. The van der Waals surface area contributed by atoms with E-state index in [-0.39, 0.29) is 17.1 Å². The highest BCUT2D eigenvalue weighted by atomic mass is 19.1. The lowest BCUT2D eigenvalue weighted by atomic mass is 9.98. The van der Waals surface area contributed by atoms with Gasteiger partial charge in [0.2, 0.25) is 0 Å². The number of carbonyl (C=O) groups excluding carboxylic acids is 1. The van der Waals surface area contributed by atoms with Gasteiger partial charge in [-0.3, -0.25) is 9.59 Å². The van der Waals surface area contributed by atoms with E-state index < -0.39 is 11.4 Å². The van der Waals surface area contributed by atoms with Crippen LogP contribution in [0.4, 0.5) is 4.39 Å². The van der Waals surface area contributed by atoms with E-state index in [2.05, 4.69) is 9.97 Å². The smallest absolute Gasteiger partial charge is 0.275 e. The fourth-order valence-corrected chi connectivity index (χ4v) is 2.96. The molecule has 0 aliphatic carbocycles. The van der Waals surface area contributed by atoms with E-state index >= 15 is 0 Å². The predicted octanol–water partition coefficient (Wildman–Crippen LogP) is 4.49. The molecule has 0 aliphatic rings. The molecule has 0 amide bonds. The van der Waals surface area contributed by atoms with Gasteiger partial charge < -0.3 is 4.98 Å². The summed E-state index contributed by atoms with van der Waals surface area (Å²) in [6.07, 6.45) is 1.49. The van der Waals surface area contributed by atoms with Crippen molar-refractivity contribution in [3.05, 3.63) is 112 Å². The lowest BCUT2D eigenvalue weighted by Gasteiger charge is -2.08. The van der Waals surface area contributed by atoms with Crippen molar-refractivity contribution < 1.29 is 9.18 Å². The second kappa shape index (κ2) is 7.40. The Morgan fingerprint density at radius 2 is 1.68 bits per heavy atom. The van der Waals surface area contributed by atoms with Gasteiger partial charge in [0.25, 0.3) is 5.56 Å². The van der Waals surface area contributed by atoms with Crippen molar-refractivity contribution in [1.29, 1.82) is 0 Å². The van der Waals surface area contributed by atoms with Crippen molar-refractivity contribution >= 4 is 28.5 Å². The Hall–Kier alpha value is -3.86. The number of hydrogen-bond acceptors (Lipinski definition) is 3. The van der Waals surface area contributed by atoms with Gasteiger partial charge in [0.15, 0.2) is 5.78 Å². The molecule has 0 bridgehead atoms. The fourth-order valence-electron chi connectivity index (χ4n) is 2.96. The van der Waals surface area contributed by atoms with Crippen LogP contribution in [0.25, 0.3) is 22.7 Å². The summed E-state index contributed by atoms with van der Waals surface area (Å²) in [6, 6.07) is 21.5. The molecular weight excluding hydrogens is 355 g/mol. The summed E-state index contributed by atoms with van der Waals surface area (Å²) in [6.45, 7) is 0. The third-order valence-electron chi connectivity index (χ3n) is 4.29. The van der Waals surface area contributed by atoms with E-state index in [9.17, 15) is 14.0 Å². The van der Waals surface area contributed by atoms with Crippen molar-refractivity contribution in [3.63, 3.8) is 0 Å². The van der Waals surface area contributed by atoms with Crippen molar-refractivity contribution in [2.24, 2.45) is 0 Å². The molecule has 1 aromatic heterocycles. The van der Waals surface area contributed by atoms with E-state index in [0.717, 1.165) is 0 Å². The van der Waals surface area contributed by atoms with Crippen molar-refractivity contribution in [1.82, 2.24) is 9.97 Å². The van der Waals surface area contributed by atoms with Crippen LogP contribution in [0.5, 0.6) is 0 Å². The summed E-state index contributed by atoms with van der Waals surface area (Å²) in [5.74, 6) is -0.793. The minimum absolute atomic E-state index is 0.00295. The predicted molar refractivity (Wildman–Crippen MR) is 107 cm³/mol. The number of aromatic nitrogens is 2. The van der Waals surface area contributed by atoms with Gasteiger partial charge in [0, 0.05) is 5.56 Å². The number of allylic oxidation sites excluding steroid dienone is 1. The summed E-state index contributed by atoms with van der Waals surface area (Å²) in [4.78, 5) is 33.0. The van der Waals surface area contributed by atoms with Crippen LogP contribution in [0.15, 0.2) is 83.7 Å². The van der Waals surface area contributed by atoms with Gasteiger partial charge in [-0.15, -0.1) is 0 Å². The van der Waals surface area contributed by atoms with Gasteiger partial charge in [-0.05, 0) is 35.9 Å². The molecule has 0 fully saturated rings. The molecule has 136 valence electrons. The molecule has 0 saturated heterocycles. The van der Waals surface area contributed by atoms with Crippen LogP contribution < -0.4 is 5.56 Å². The molecule has 0 atom stereocenters. The molecule has 1 N–H and O–H groups in total. The number of hydrogen-bond donors (Lipinski definition) is 1. The minimum Gasteiger partial charge on any atom is -0.319 e. The number of ketones is 1. The third kappa shape index (κ3) is 3.50. The van der Waals surface area contributed by atoms with E-state index in [4.69, 9.17) is 0 Å². The lowest BCUT2D eigenvalue weighted by molar-refractivity contribution is 0.105. The molecule has 0 spiro atoms. The number of nitrogens with one attached hydrogen (secondary N) is 1. The van der Waals surface area contributed by atoms with Gasteiger partial charge >= 0.3 is 0 Å².